The van der Waals surface area contributed by atoms with E-state index in [4.69, 9.17) is 5.11 Å². The Hall–Kier alpha value is -1.66. The Morgan fingerprint density at radius 3 is 3.15 bits per heavy atom. The van der Waals surface area contributed by atoms with E-state index in [2.05, 4.69) is 15.2 Å². The van der Waals surface area contributed by atoms with E-state index >= 15 is 0 Å². The number of nitrogens with zero attached hydrogens (tertiary/aromatic N) is 2. The Balaban J connectivity index is 1.77. The summed E-state index contributed by atoms with van der Waals surface area (Å²) in [7, 11) is 0. The lowest BCUT2D eigenvalue weighted by Gasteiger charge is -2.38. The van der Waals surface area contributed by atoms with Crippen LogP contribution in [0.5, 0.6) is 0 Å². The van der Waals surface area contributed by atoms with Crippen LogP contribution in [0.4, 0.5) is 4.79 Å². The number of pyridine rings is 1. The van der Waals surface area contributed by atoms with Gasteiger partial charge in [-0.1, -0.05) is 6.07 Å². The zero-order valence-corrected chi connectivity index (χ0v) is 11.2. The number of hydrogen-bond donors (Lipinski definition) is 3. The van der Waals surface area contributed by atoms with Gasteiger partial charge >= 0.3 is 6.09 Å². The van der Waals surface area contributed by atoms with Crippen molar-refractivity contribution in [1.82, 2.24) is 15.2 Å². The first-order chi connectivity index (χ1) is 9.65. The average Bonchev–Trinajstić information content (AvgIpc) is 2.74. The number of amides is 1. The number of aliphatic hydroxyl groups excluding tert-OH is 1. The van der Waals surface area contributed by atoms with Crippen LogP contribution in [-0.2, 0) is 6.42 Å². The number of piperidine rings is 1. The van der Waals surface area contributed by atoms with Crippen molar-refractivity contribution in [2.24, 2.45) is 0 Å². The quantitative estimate of drug-likeness (QED) is 0.743. The molecule has 3 atom stereocenters. The van der Waals surface area contributed by atoms with E-state index in [9.17, 15) is 9.90 Å². The number of aromatic nitrogens is 1. The number of aliphatic hydroxyl groups is 1. The fourth-order valence-electron chi connectivity index (χ4n) is 3.40. The third-order valence-corrected chi connectivity index (χ3v) is 4.18. The summed E-state index contributed by atoms with van der Waals surface area (Å²) in [5.74, 6) is 0. The molecule has 1 aliphatic heterocycles. The van der Waals surface area contributed by atoms with Crippen LogP contribution in [0.25, 0.3) is 0 Å². The lowest BCUT2D eigenvalue weighted by atomic mass is 10.0. The molecule has 0 saturated carbocycles. The highest BCUT2D eigenvalue weighted by Crippen LogP contribution is 2.36. The van der Waals surface area contributed by atoms with Crippen molar-refractivity contribution in [1.29, 1.82) is 0 Å². The van der Waals surface area contributed by atoms with E-state index in [-0.39, 0.29) is 12.1 Å². The molecule has 1 saturated heterocycles. The molecule has 3 rings (SSSR count). The average molecular weight is 277 g/mol. The topological polar surface area (TPSA) is 85.7 Å². The van der Waals surface area contributed by atoms with Gasteiger partial charge in [0.05, 0.1) is 12.1 Å². The Morgan fingerprint density at radius 1 is 1.50 bits per heavy atom. The van der Waals surface area contributed by atoms with Crippen molar-refractivity contribution < 1.29 is 15.0 Å². The van der Waals surface area contributed by atoms with Gasteiger partial charge in [-0.3, -0.25) is 9.88 Å². The van der Waals surface area contributed by atoms with Gasteiger partial charge < -0.3 is 15.5 Å². The second-order valence-electron chi connectivity index (χ2n) is 5.54. The molecule has 2 heterocycles. The minimum absolute atomic E-state index is 0.0582. The molecule has 1 aliphatic carbocycles. The molecule has 0 unspecified atom stereocenters. The van der Waals surface area contributed by atoms with Crippen molar-refractivity contribution in [3.05, 3.63) is 29.6 Å². The summed E-state index contributed by atoms with van der Waals surface area (Å²) in [5.41, 5.74) is 2.04. The molecule has 2 aliphatic rings. The van der Waals surface area contributed by atoms with Crippen LogP contribution >= 0.6 is 0 Å². The van der Waals surface area contributed by atoms with Crippen molar-refractivity contribution in [2.45, 2.75) is 37.5 Å². The largest absolute Gasteiger partial charge is 0.465 e. The van der Waals surface area contributed by atoms with E-state index in [0.29, 0.717) is 13.0 Å². The van der Waals surface area contributed by atoms with E-state index in [1.165, 1.54) is 0 Å². The maximum absolute atomic E-state index is 10.8. The van der Waals surface area contributed by atoms with Gasteiger partial charge in [0.15, 0.2) is 0 Å². The monoisotopic (exact) mass is 277 g/mol. The minimum Gasteiger partial charge on any atom is -0.465 e. The summed E-state index contributed by atoms with van der Waals surface area (Å²) in [6.45, 7) is 1.52. The van der Waals surface area contributed by atoms with Crippen molar-refractivity contribution >= 4 is 6.09 Å². The van der Waals surface area contributed by atoms with E-state index in [1.54, 1.807) is 6.20 Å². The van der Waals surface area contributed by atoms with Crippen molar-refractivity contribution in [2.75, 3.05) is 13.1 Å². The van der Waals surface area contributed by atoms with Gasteiger partial charge in [0.2, 0.25) is 0 Å². The number of carboxylic acid groups (broad SMARTS) is 1. The lowest BCUT2D eigenvalue weighted by Crippen LogP contribution is -2.49. The molecular formula is C14H19N3O3. The van der Waals surface area contributed by atoms with Crippen LogP contribution in [0.2, 0.25) is 0 Å². The summed E-state index contributed by atoms with van der Waals surface area (Å²) < 4.78 is 0. The Kier molecular flexibility index (Phi) is 3.58. The van der Waals surface area contributed by atoms with E-state index in [1.807, 2.05) is 12.1 Å². The molecule has 1 fully saturated rings. The van der Waals surface area contributed by atoms with Crippen LogP contribution in [0.15, 0.2) is 18.3 Å². The highest BCUT2D eigenvalue weighted by atomic mass is 16.4. The fourth-order valence-corrected chi connectivity index (χ4v) is 3.40. The molecule has 1 aromatic rings. The summed E-state index contributed by atoms with van der Waals surface area (Å²) in [6.07, 6.45) is 2.68. The smallest absolute Gasteiger partial charge is 0.404 e. The Labute approximate surface area is 117 Å². The number of carbonyl (C=O) groups is 1. The predicted octanol–water partition coefficient (Wildman–Crippen LogP) is 0.772. The standard InChI is InChI=1S/C14H19N3O3/c18-12-7-11-10(4-1-5-15-11)13(12)17-6-2-3-9(8-17)16-14(19)20/h1,4-5,9,12-13,16,18H,2-3,6-8H2,(H,19,20)/t9-,12+,13+/m1/s1. The molecule has 0 spiro atoms. The Morgan fingerprint density at radius 2 is 2.35 bits per heavy atom. The van der Waals surface area contributed by atoms with Crippen LogP contribution in [0, 0.1) is 0 Å². The zero-order chi connectivity index (χ0) is 14.1. The van der Waals surface area contributed by atoms with E-state index in [0.717, 1.165) is 30.6 Å². The summed E-state index contributed by atoms with van der Waals surface area (Å²) in [4.78, 5) is 17.3. The summed E-state index contributed by atoms with van der Waals surface area (Å²) in [6, 6.07) is 3.78. The summed E-state index contributed by atoms with van der Waals surface area (Å²) in [5, 5.41) is 21.7. The molecule has 0 aromatic carbocycles. The lowest BCUT2D eigenvalue weighted by molar-refractivity contribution is 0.0410. The van der Waals surface area contributed by atoms with Gasteiger partial charge in [-0.05, 0) is 31.0 Å². The fraction of sp³-hybridized carbons (Fsp3) is 0.571. The molecular weight excluding hydrogens is 258 g/mol. The molecule has 3 N–H and O–H groups in total. The minimum atomic E-state index is -0.981. The Bertz CT molecular complexity index is 508. The number of nitrogens with one attached hydrogen (secondary N) is 1. The first-order valence-electron chi connectivity index (χ1n) is 7.00. The highest BCUT2D eigenvalue weighted by molar-refractivity contribution is 5.64. The maximum atomic E-state index is 10.8. The van der Waals surface area contributed by atoms with Gasteiger partial charge in [0, 0.05) is 30.9 Å². The molecule has 108 valence electrons. The molecule has 0 radical (unpaired) electrons. The number of rotatable bonds is 2. The molecule has 1 amide bonds. The predicted molar refractivity (Wildman–Crippen MR) is 72.4 cm³/mol. The normalized spacial score (nSPS) is 29.9. The van der Waals surface area contributed by atoms with Crippen LogP contribution in [-0.4, -0.2) is 51.4 Å². The van der Waals surface area contributed by atoms with E-state index < -0.39 is 12.2 Å². The van der Waals surface area contributed by atoms with Gasteiger partial charge in [0.1, 0.15) is 0 Å². The molecule has 0 bridgehead atoms. The molecule has 20 heavy (non-hydrogen) atoms. The van der Waals surface area contributed by atoms with Gasteiger partial charge in [-0.15, -0.1) is 0 Å². The number of likely N-dealkylation sites (tertiary alicyclic amines) is 1. The number of fused-ring (bicyclic) bond motifs is 1. The third-order valence-electron chi connectivity index (χ3n) is 4.18. The third kappa shape index (κ3) is 2.48. The van der Waals surface area contributed by atoms with Gasteiger partial charge in [0.25, 0.3) is 0 Å². The highest BCUT2D eigenvalue weighted by Gasteiger charge is 2.38. The maximum Gasteiger partial charge on any atom is 0.404 e. The zero-order valence-electron chi connectivity index (χ0n) is 11.2. The second-order valence-corrected chi connectivity index (χ2v) is 5.54. The molecule has 1 aromatic heterocycles. The van der Waals surface area contributed by atoms with Crippen molar-refractivity contribution in [3.8, 4) is 0 Å². The van der Waals surface area contributed by atoms with Crippen LogP contribution < -0.4 is 5.32 Å². The van der Waals surface area contributed by atoms with Crippen LogP contribution in [0.3, 0.4) is 0 Å². The van der Waals surface area contributed by atoms with Crippen LogP contribution in [0.1, 0.15) is 30.1 Å². The first-order valence-corrected chi connectivity index (χ1v) is 7.00. The van der Waals surface area contributed by atoms with Gasteiger partial charge in [-0.2, -0.15) is 0 Å². The molecule has 6 nitrogen and oxygen atoms in total. The van der Waals surface area contributed by atoms with Gasteiger partial charge in [-0.25, -0.2) is 4.79 Å². The second kappa shape index (κ2) is 5.38. The molecule has 6 heteroatoms. The van der Waals surface area contributed by atoms with Crippen molar-refractivity contribution in [3.63, 3.8) is 0 Å². The number of hydrogen-bond acceptors (Lipinski definition) is 4. The first kappa shape index (κ1) is 13.3. The SMILES string of the molecule is O=C(O)N[C@@H]1CCCN([C@H]2c3cccnc3C[C@@H]2O)C1. The summed E-state index contributed by atoms with van der Waals surface area (Å²) >= 11 is 0.